The number of aryl methyl sites for hydroxylation is 4. The summed E-state index contributed by atoms with van der Waals surface area (Å²) in [4.78, 5) is 0. The van der Waals surface area contributed by atoms with E-state index in [0.29, 0.717) is 11.8 Å². The number of hydrogen-bond acceptors (Lipinski definition) is 0. The molecule has 0 fully saturated rings. The Bertz CT molecular complexity index is 554. The average molecular weight is 266 g/mol. The van der Waals surface area contributed by atoms with E-state index in [1.807, 2.05) is 0 Å². The van der Waals surface area contributed by atoms with E-state index in [1.165, 1.54) is 33.4 Å². The topological polar surface area (TPSA) is 0 Å². The second-order valence-electron chi connectivity index (χ2n) is 6.41. The van der Waals surface area contributed by atoms with Crippen LogP contribution in [0.5, 0.6) is 0 Å². The fourth-order valence-corrected chi connectivity index (χ4v) is 2.88. The van der Waals surface area contributed by atoms with E-state index in [0.717, 1.165) is 0 Å². The summed E-state index contributed by atoms with van der Waals surface area (Å²) < 4.78 is 0. The zero-order valence-corrected chi connectivity index (χ0v) is 13.6. The molecule has 0 amide bonds. The highest BCUT2D eigenvalue weighted by Gasteiger charge is 2.19. The van der Waals surface area contributed by atoms with Crippen LogP contribution in [-0.2, 0) is 0 Å². The maximum absolute atomic E-state index is 2.36. The summed E-state index contributed by atoms with van der Waals surface area (Å²) in [6, 6.07) is 13.8. The van der Waals surface area contributed by atoms with Crippen LogP contribution in [0.25, 0.3) is 0 Å². The Labute approximate surface area is 123 Å². The zero-order chi connectivity index (χ0) is 14.9. The first-order valence-electron chi connectivity index (χ1n) is 7.54. The molecule has 0 N–H and O–H groups in total. The van der Waals surface area contributed by atoms with Gasteiger partial charge in [0, 0.05) is 5.92 Å². The van der Waals surface area contributed by atoms with Gasteiger partial charge < -0.3 is 0 Å². The highest BCUT2D eigenvalue weighted by atomic mass is 14.2. The van der Waals surface area contributed by atoms with Crippen LogP contribution in [0, 0.1) is 33.6 Å². The normalized spacial score (nSPS) is 11.4. The zero-order valence-electron chi connectivity index (χ0n) is 13.6. The van der Waals surface area contributed by atoms with Crippen LogP contribution in [0.1, 0.15) is 53.1 Å². The van der Waals surface area contributed by atoms with Gasteiger partial charge in [-0.25, -0.2) is 0 Å². The molecule has 0 heteroatoms. The minimum Gasteiger partial charge on any atom is -0.0619 e. The lowest BCUT2D eigenvalue weighted by molar-refractivity contribution is 0.563. The Morgan fingerprint density at radius 2 is 1.00 bits per heavy atom. The Hall–Kier alpha value is -1.56. The van der Waals surface area contributed by atoms with Gasteiger partial charge in [0.2, 0.25) is 0 Å². The van der Waals surface area contributed by atoms with Crippen molar-refractivity contribution in [1.29, 1.82) is 0 Å². The second kappa shape index (κ2) is 5.83. The number of rotatable bonds is 3. The quantitative estimate of drug-likeness (QED) is 0.667. The molecule has 0 spiro atoms. The molecule has 0 atom stereocenters. The van der Waals surface area contributed by atoms with Crippen LogP contribution < -0.4 is 0 Å². The molecule has 0 unspecified atom stereocenters. The molecule has 0 aliphatic carbocycles. The minimum atomic E-state index is 0.480. The van der Waals surface area contributed by atoms with Gasteiger partial charge in [-0.3, -0.25) is 0 Å². The van der Waals surface area contributed by atoms with E-state index >= 15 is 0 Å². The predicted octanol–water partition coefficient (Wildman–Crippen LogP) is 5.71. The third kappa shape index (κ3) is 2.95. The first kappa shape index (κ1) is 14.8. The minimum absolute atomic E-state index is 0.480. The van der Waals surface area contributed by atoms with Gasteiger partial charge in [0.15, 0.2) is 0 Å². The van der Waals surface area contributed by atoms with Gasteiger partial charge in [0.05, 0.1) is 0 Å². The standard InChI is InChI=1S/C20H26/c1-13(2)20(18-9-7-14(3)16(5)11-18)19-10-8-15(4)17(6)12-19/h7-13,20H,1-6H3. The lowest BCUT2D eigenvalue weighted by Gasteiger charge is -2.23. The first-order valence-corrected chi connectivity index (χ1v) is 7.54. The highest BCUT2D eigenvalue weighted by Crippen LogP contribution is 2.33. The Morgan fingerprint density at radius 3 is 1.30 bits per heavy atom. The van der Waals surface area contributed by atoms with E-state index < -0.39 is 0 Å². The van der Waals surface area contributed by atoms with Crippen molar-refractivity contribution in [2.45, 2.75) is 47.5 Å². The Kier molecular flexibility index (Phi) is 4.32. The summed E-state index contributed by atoms with van der Waals surface area (Å²) >= 11 is 0. The molecule has 0 aliphatic heterocycles. The van der Waals surface area contributed by atoms with Gasteiger partial charge in [-0.15, -0.1) is 0 Å². The largest absolute Gasteiger partial charge is 0.0619 e. The van der Waals surface area contributed by atoms with Crippen molar-refractivity contribution in [1.82, 2.24) is 0 Å². The summed E-state index contributed by atoms with van der Waals surface area (Å²) in [6.07, 6.45) is 0. The van der Waals surface area contributed by atoms with E-state index in [2.05, 4.69) is 77.9 Å². The molecule has 20 heavy (non-hydrogen) atoms. The number of hydrogen-bond donors (Lipinski definition) is 0. The van der Waals surface area contributed by atoms with Crippen LogP contribution in [0.2, 0.25) is 0 Å². The number of benzene rings is 2. The van der Waals surface area contributed by atoms with Gasteiger partial charge in [-0.1, -0.05) is 50.2 Å². The first-order chi connectivity index (χ1) is 9.40. The summed E-state index contributed by atoms with van der Waals surface area (Å²) in [6.45, 7) is 13.4. The van der Waals surface area contributed by atoms with Crippen molar-refractivity contribution in [3.8, 4) is 0 Å². The molecule has 2 rings (SSSR count). The molecular formula is C20H26. The van der Waals surface area contributed by atoms with E-state index in [4.69, 9.17) is 0 Å². The van der Waals surface area contributed by atoms with Crippen molar-refractivity contribution in [2.24, 2.45) is 5.92 Å². The smallest absolute Gasteiger partial charge is 0.0113 e. The van der Waals surface area contributed by atoms with Gasteiger partial charge in [-0.05, 0) is 67.0 Å². The van der Waals surface area contributed by atoms with Gasteiger partial charge in [-0.2, -0.15) is 0 Å². The molecule has 2 aromatic carbocycles. The van der Waals surface area contributed by atoms with Crippen molar-refractivity contribution >= 4 is 0 Å². The molecule has 2 aromatic rings. The van der Waals surface area contributed by atoms with Crippen molar-refractivity contribution in [2.75, 3.05) is 0 Å². The molecule has 0 aromatic heterocycles. The highest BCUT2D eigenvalue weighted by molar-refractivity contribution is 5.40. The van der Waals surface area contributed by atoms with Crippen LogP contribution >= 0.6 is 0 Å². The molecule has 0 heterocycles. The molecule has 0 bridgehead atoms. The van der Waals surface area contributed by atoms with E-state index in [9.17, 15) is 0 Å². The molecule has 0 saturated carbocycles. The Morgan fingerprint density at radius 1 is 0.600 bits per heavy atom. The summed E-state index contributed by atoms with van der Waals surface area (Å²) in [5.41, 5.74) is 8.39. The van der Waals surface area contributed by atoms with Crippen LogP contribution in [0.3, 0.4) is 0 Å². The van der Waals surface area contributed by atoms with Crippen LogP contribution in [0.4, 0.5) is 0 Å². The molecule has 0 saturated heterocycles. The summed E-state index contributed by atoms with van der Waals surface area (Å²) in [5.74, 6) is 1.08. The maximum atomic E-state index is 2.36. The lowest BCUT2D eigenvalue weighted by atomic mass is 9.81. The summed E-state index contributed by atoms with van der Waals surface area (Å²) in [7, 11) is 0. The fraction of sp³-hybridized carbons (Fsp3) is 0.400. The van der Waals surface area contributed by atoms with Crippen LogP contribution in [0.15, 0.2) is 36.4 Å². The molecule has 106 valence electrons. The van der Waals surface area contributed by atoms with Gasteiger partial charge in [0.1, 0.15) is 0 Å². The predicted molar refractivity (Wildman–Crippen MR) is 88.5 cm³/mol. The Balaban J connectivity index is 2.50. The second-order valence-corrected chi connectivity index (χ2v) is 6.41. The third-order valence-corrected chi connectivity index (χ3v) is 4.45. The molecule has 0 aliphatic rings. The van der Waals surface area contributed by atoms with Crippen molar-refractivity contribution in [3.05, 3.63) is 69.8 Å². The van der Waals surface area contributed by atoms with E-state index in [-0.39, 0.29) is 0 Å². The molecule has 0 radical (unpaired) electrons. The van der Waals surface area contributed by atoms with Gasteiger partial charge in [0.25, 0.3) is 0 Å². The van der Waals surface area contributed by atoms with Crippen molar-refractivity contribution in [3.63, 3.8) is 0 Å². The summed E-state index contributed by atoms with van der Waals surface area (Å²) in [5, 5.41) is 0. The monoisotopic (exact) mass is 266 g/mol. The SMILES string of the molecule is Cc1ccc(C(c2ccc(C)c(C)c2)C(C)C)cc1C. The maximum Gasteiger partial charge on any atom is 0.0113 e. The van der Waals surface area contributed by atoms with Crippen LogP contribution in [-0.4, -0.2) is 0 Å². The van der Waals surface area contributed by atoms with Gasteiger partial charge >= 0.3 is 0 Å². The molecular weight excluding hydrogens is 240 g/mol. The van der Waals surface area contributed by atoms with Crippen molar-refractivity contribution < 1.29 is 0 Å². The fourth-order valence-electron chi connectivity index (χ4n) is 2.88. The third-order valence-electron chi connectivity index (χ3n) is 4.45. The average Bonchev–Trinajstić information content (AvgIpc) is 2.38. The lowest BCUT2D eigenvalue weighted by Crippen LogP contribution is -2.09. The van der Waals surface area contributed by atoms with E-state index in [1.54, 1.807) is 0 Å². The molecule has 0 nitrogen and oxygen atoms in total.